The van der Waals surface area contributed by atoms with E-state index in [2.05, 4.69) is 63.6 Å². The highest BCUT2D eigenvalue weighted by Crippen LogP contribution is 2.24. The lowest BCUT2D eigenvalue weighted by Crippen LogP contribution is -2.35. The van der Waals surface area contributed by atoms with Gasteiger partial charge in [0, 0.05) is 25.8 Å². The van der Waals surface area contributed by atoms with E-state index in [0.717, 1.165) is 29.9 Å². The van der Waals surface area contributed by atoms with E-state index in [1.54, 1.807) is 6.20 Å². The Bertz CT molecular complexity index is 384. The summed E-state index contributed by atoms with van der Waals surface area (Å²) in [5, 5.41) is 0.284. The molecule has 0 aliphatic rings. The molecular formula is C12H20BrClN4. The summed E-state index contributed by atoms with van der Waals surface area (Å²) in [5.41, 5.74) is 0. The average molecular weight is 336 g/mol. The maximum atomic E-state index is 5.88. The Hall–Kier alpha value is -0.390. The van der Waals surface area contributed by atoms with E-state index in [0.29, 0.717) is 5.92 Å². The molecule has 0 atom stereocenters. The molecule has 0 saturated carbocycles. The molecule has 1 rings (SSSR count). The fourth-order valence-corrected chi connectivity index (χ4v) is 2.17. The largest absolute Gasteiger partial charge is 0.354 e. The number of halogens is 2. The first-order valence-electron chi connectivity index (χ1n) is 5.98. The van der Waals surface area contributed by atoms with E-state index < -0.39 is 0 Å². The Morgan fingerprint density at radius 2 is 2.00 bits per heavy atom. The van der Waals surface area contributed by atoms with Crippen molar-refractivity contribution < 1.29 is 0 Å². The summed E-state index contributed by atoms with van der Waals surface area (Å²) in [6.45, 7) is 7.22. The molecule has 0 N–H and O–H groups in total. The van der Waals surface area contributed by atoms with E-state index in [4.69, 9.17) is 11.6 Å². The first-order chi connectivity index (χ1) is 8.40. The zero-order chi connectivity index (χ0) is 13.7. The number of aromatic nitrogens is 2. The minimum Gasteiger partial charge on any atom is -0.354 e. The molecule has 1 heterocycles. The maximum absolute atomic E-state index is 5.88. The minimum atomic E-state index is 0.284. The van der Waals surface area contributed by atoms with Gasteiger partial charge in [-0.1, -0.05) is 13.8 Å². The van der Waals surface area contributed by atoms with Gasteiger partial charge in [-0.15, -0.1) is 0 Å². The molecule has 0 amide bonds. The van der Waals surface area contributed by atoms with Crippen molar-refractivity contribution >= 4 is 33.3 Å². The molecule has 0 radical (unpaired) electrons. The first-order valence-corrected chi connectivity index (χ1v) is 7.15. The van der Waals surface area contributed by atoms with Crippen LogP contribution in [0.1, 0.15) is 13.8 Å². The Morgan fingerprint density at radius 1 is 1.33 bits per heavy atom. The summed E-state index contributed by atoms with van der Waals surface area (Å²) in [6.07, 6.45) is 1.70. The normalized spacial score (nSPS) is 11.3. The first kappa shape index (κ1) is 15.7. The summed E-state index contributed by atoms with van der Waals surface area (Å²) >= 11 is 9.37. The Morgan fingerprint density at radius 3 is 2.56 bits per heavy atom. The van der Waals surface area contributed by atoms with Crippen LogP contribution in [0.5, 0.6) is 0 Å². The Labute approximate surface area is 122 Å². The molecule has 1 aromatic heterocycles. The van der Waals surface area contributed by atoms with Crippen LogP contribution < -0.4 is 4.90 Å². The topological polar surface area (TPSA) is 32.3 Å². The van der Waals surface area contributed by atoms with Gasteiger partial charge in [0.1, 0.15) is 5.82 Å². The highest BCUT2D eigenvalue weighted by atomic mass is 79.9. The number of rotatable bonds is 6. The van der Waals surface area contributed by atoms with E-state index >= 15 is 0 Å². The van der Waals surface area contributed by atoms with Crippen molar-refractivity contribution in [3.8, 4) is 0 Å². The smallest absolute Gasteiger partial charge is 0.224 e. The minimum absolute atomic E-state index is 0.284. The quantitative estimate of drug-likeness (QED) is 0.748. The molecule has 0 spiro atoms. The SMILES string of the molecule is CC(C)CN(CCN(C)C)c1nc(Cl)ncc1Br. The molecule has 0 aliphatic heterocycles. The van der Waals surface area contributed by atoms with Crippen LogP contribution in [-0.4, -0.2) is 48.6 Å². The van der Waals surface area contributed by atoms with Crippen molar-refractivity contribution in [2.24, 2.45) is 5.92 Å². The number of nitrogens with zero attached hydrogens (tertiary/aromatic N) is 4. The van der Waals surface area contributed by atoms with Crippen LogP contribution in [0, 0.1) is 5.92 Å². The third-order valence-corrected chi connectivity index (χ3v) is 3.14. The van der Waals surface area contributed by atoms with Crippen LogP contribution in [0.4, 0.5) is 5.82 Å². The van der Waals surface area contributed by atoms with Crippen LogP contribution in [0.3, 0.4) is 0 Å². The van der Waals surface area contributed by atoms with Gasteiger partial charge in [0.2, 0.25) is 5.28 Å². The lowest BCUT2D eigenvalue weighted by molar-refractivity contribution is 0.408. The van der Waals surface area contributed by atoms with Crippen molar-refractivity contribution in [2.75, 3.05) is 38.6 Å². The number of anilines is 1. The molecule has 18 heavy (non-hydrogen) atoms. The highest BCUT2D eigenvalue weighted by molar-refractivity contribution is 9.10. The van der Waals surface area contributed by atoms with E-state index in [1.807, 2.05) is 0 Å². The van der Waals surface area contributed by atoms with Crippen LogP contribution in [-0.2, 0) is 0 Å². The van der Waals surface area contributed by atoms with Gasteiger partial charge in [-0.3, -0.25) is 0 Å². The van der Waals surface area contributed by atoms with Crippen LogP contribution >= 0.6 is 27.5 Å². The molecule has 0 aromatic carbocycles. The van der Waals surface area contributed by atoms with Crippen molar-refractivity contribution in [3.05, 3.63) is 16.0 Å². The van der Waals surface area contributed by atoms with Crippen molar-refractivity contribution in [3.63, 3.8) is 0 Å². The molecule has 0 fully saturated rings. The van der Waals surface area contributed by atoms with Crippen molar-refractivity contribution in [1.82, 2.24) is 14.9 Å². The zero-order valence-electron chi connectivity index (χ0n) is 11.3. The van der Waals surface area contributed by atoms with Crippen molar-refractivity contribution in [1.29, 1.82) is 0 Å². The van der Waals surface area contributed by atoms with E-state index in [-0.39, 0.29) is 5.28 Å². The van der Waals surface area contributed by atoms with Gasteiger partial charge in [0.15, 0.2) is 0 Å². The maximum Gasteiger partial charge on any atom is 0.224 e. The summed E-state index contributed by atoms with van der Waals surface area (Å²) < 4.78 is 0.881. The van der Waals surface area contributed by atoms with Crippen LogP contribution in [0.25, 0.3) is 0 Å². The molecule has 6 heteroatoms. The summed E-state index contributed by atoms with van der Waals surface area (Å²) in [4.78, 5) is 12.7. The average Bonchev–Trinajstić information content (AvgIpc) is 2.27. The summed E-state index contributed by atoms with van der Waals surface area (Å²) in [7, 11) is 4.13. The highest BCUT2D eigenvalue weighted by Gasteiger charge is 2.14. The second kappa shape index (κ2) is 7.26. The van der Waals surface area contributed by atoms with Crippen molar-refractivity contribution in [2.45, 2.75) is 13.8 Å². The molecule has 0 unspecified atom stereocenters. The van der Waals surface area contributed by atoms with Gasteiger partial charge in [-0.2, -0.15) is 4.98 Å². The molecular weight excluding hydrogens is 316 g/mol. The van der Waals surface area contributed by atoms with Crippen LogP contribution in [0.2, 0.25) is 5.28 Å². The summed E-state index contributed by atoms with van der Waals surface area (Å²) in [6, 6.07) is 0. The number of hydrogen-bond acceptors (Lipinski definition) is 4. The van der Waals surface area contributed by atoms with Gasteiger partial charge in [0.05, 0.1) is 4.47 Å². The lowest BCUT2D eigenvalue weighted by atomic mass is 10.2. The molecule has 0 bridgehead atoms. The van der Waals surface area contributed by atoms with Gasteiger partial charge in [-0.25, -0.2) is 4.98 Å². The predicted octanol–water partition coefficient (Wildman–Crippen LogP) is 2.92. The van der Waals surface area contributed by atoms with Gasteiger partial charge >= 0.3 is 0 Å². The van der Waals surface area contributed by atoms with Gasteiger partial charge in [0.25, 0.3) is 0 Å². The number of likely N-dealkylation sites (N-methyl/N-ethyl adjacent to an activating group) is 1. The zero-order valence-corrected chi connectivity index (χ0v) is 13.7. The third-order valence-electron chi connectivity index (χ3n) is 2.40. The summed E-state index contributed by atoms with van der Waals surface area (Å²) in [5.74, 6) is 1.43. The molecule has 102 valence electrons. The standard InChI is InChI=1S/C12H20BrClN4/c1-9(2)8-18(6-5-17(3)4)11-10(13)7-15-12(14)16-11/h7,9H,5-6,8H2,1-4H3. The Kier molecular flexibility index (Phi) is 6.32. The third kappa shape index (κ3) is 5.08. The van der Waals surface area contributed by atoms with Gasteiger partial charge < -0.3 is 9.80 Å². The number of hydrogen-bond donors (Lipinski definition) is 0. The van der Waals surface area contributed by atoms with E-state index in [1.165, 1.54) is 0 Å². The second-order valence-electron chi connectivity index (χ2n) is 4.95. The molecule has 1 aromatic rings. The fraction of sp³-hybridized carbons (Fsp3) is 0.667. The molecule has 0 saturated heterocycles. The fourth-order valence-electron chi connectivity index (χ4n) is 1.60. The van der Waals surface area contributed by atoms with Crippen LogP contribution in [0.15, 0.2) is 10.7 Å². The predicted molar refractivity (Wildman–Crippen MR) is 80.3 cm³/mol. The van der Waals surface area contributed by atoms with Gasteiger partial charge in [-0.05, 0) is 47.5 Å². The van der Waals surface area contributed by atoms with E-state index in [9.17, 15) is 0 Å². The molecule has 4 nitrogen and oxygen atoms in total. The second-order valence-corrected chi connectivity index (χ2v) is 6.15. The lowest BCUT2D eigenvalue weighted by Gasteiger charge is -2.27. The Balaban J connectivity index is 2.89. The molecule has 0 aliphatic carbocycles. The monoisotopic (exact) mass is 334 g/mol.